The molecule has 3 rings (SSSR count). The Morgan fingerprint density at radius 2 is 2.00 bits per heavy atom. The number of ether oxygens (including phenoxy) is 1. The second-order valence-electron chi connectivity index (χ2n) is 6.68. The first kappa shape index (κ1) is 18.8. The molecule has 6 nitrogen and oxygen atoms in total. The summed E-state index contributed by atoms with van der Waals surface area (Å²) >= 11 is 0. The van der Waals surface area contributed by atoms with Gasteiger partial charge < -0.3 is 19.9 Å². The van der Waals surface area contributed by atoms with Crippen LogP contribution in [0.4, 0.5) is 11.4 Å². The number of hydrogen-bond donors (Lipinski definition) is 1. The first-order chi connectivity index (χ1) is 13.1. The molecular weight excluding hydrogens is 342 g/mol. The average Bonchev–Trinajstić information content (AvgIpc) is 2.68. The summed E-state index contributed by atoms with van der Waals surface area (Å²) in [4.78, 5) is 28.4. The Kier molecular flexibility index (Phi) is 5.96. The second kappa shape index (κ2) is 8.58. The molecule has 1 aliphatic heterocycles. The summed E-state index contributed by atoms with van der Waals surface area (Å²) in [6.07, 6.45) is 2.07. The van der Waals surface area contributed by atoms with Crippen molar-refractivity contribution in [2.24, 2.45) is 0 Å². The maximum Gasteiger partial charge on any atom is 0.243 e. The van der Waals surface area contributed by atoms with E-state index in [1.165, 1.54) is 10.5 Å². The quantitative estimate of drug-likeness (QED) is 0.852. The van der Waals surface area contributed by atoms with Crippen molar-refractivity contribution in [1.82, 2.24) is 4.90 Å². The SMILES string of the molecule is COc1cccc(NC(=O)CN(C)C(=O)CN2CCCc3ccccc32)c1. The Balaban J connectivity index is 1.55. The van der Waals surface area contributed by atoms with Gasteiger partial charge in [0, 0.05) is 31.0 Å². The lowest BCUT2D eigenvalue weighted by molar-refractivity contribution is -0.132. The van der Waals surface area contributed by atoms with Gasteiger partial charge >= 0.3 is 0 Å². The fourth-order valence-corrected chi connectivity index (χ4v) is 3.26. The van der Waals surface area contributed by atoms with Crippen LogP contribution < -0.4 is 15.0 Å². The van der Waals surface area contributed by atoms with E-state index < -0.39 is 0 Å². The molecule has 27 heavy (non-hydrogen) atoms. The minimum Gasteiger partial charge on any atom is -0.497 e. The zero-order valence-electron chi connectivity index (χ0n) is 15.8. The van der Waals surface area contributed by atoms with Gasteiger partial charge in [0.15, 0.2) is 0 Å². The Labute approximate surface area is 159 Å². The molecule has 1 N–H and O–H groups in total. The van der Waals surface area contributed by atoms with Crippen LogP contribution in [0.3, 0.4) is 0 Å². The molecule has 0 aliphatic carbocycles. The lowest BCUT2D eigenvalue weighted by Gasteiger charge is -2.32. The van der Waals surface area contributed by atoms with Crippen LogP contribution in [-0.4, -0.2) is 50.5 Å². The van der Waals surface area contributed by atoms with Gasteiger partial charge in [-0.2, -0.15) is 0 Å². The molecule has 0 radical (unpaired) electrons. The number of para-hydroxylation sites is 1. The van der Waals surface area contributed by atoms with Crippen LogP contribution in [0.5, 0.6) is 5.75 Å². The van der Waals surface area contributed by atoms with Gasteiger partial charge in [0.25, 0.3) is 0 Å². The molecule has 0 aromatic heterocycles. The summed E-state index contributed by atoms with van der Waals surface area (Å²) < 4.78 is 5.15. The number of carbonyl (C=O) groups excluding carboxylic acids is 2. The summed E-state index contributed by atoms with van der Waals surface area (Å²) in [5.74, 6) is 0.353. The molecule has 0 fully saturated rings. The fraction of sp³-hybridized carbons (Fsp3) is 0.333. The molecule has 0 saturated heterocycles. The highest BCUT2D eigenvalue weighted by molar-refractivity contribution is 5.95. The molecule has 1 heterocycles. The zero-order chi connectivity index (χ0) is 19.2. The number of nitrogens with one attached hydrogen (secondary N) is 1. The van der Waals surface area contributed by atoms with E-state index in [9.17, 15) is 9.59 Å². The smallest absolute Gasteiger partial charge is 0.243 e. The monoisotopic (exact) mass is 367 g/mol. The van der Waals surface area contributed by atoms with E-state index in [2.05, 4.69) is 22.3 Å². The number of rotatable bonds is 6. The van der Waals surface area contributed by atoms with Crippen molar-refractivity contribution >= 4 is 23.2 Å². The van der Waals surface area contributed by atoms with Crippen LogP contribution in [0, 0.1) is 0 Å². The molecule has 2 aromatic carbocycles. The number of carbonyl (C=O) groups is 2. The summed E-state index contributed by atoms with van der Waals surface area (Å²) in [6.45, 7) is 1.14. The van der Waals surface area contributed by atoms with Gasteiger partial charge in [0.05, 0.1) is 20.2 Å². The number of anilines is 2. The molecule has 2 amide bonds. The van der Waals surface area contributed by atoms with Gasteiger partial charge in [0.1, 0.15) is 5.75 Å². The Bertz CT molecular complexity index is 822. The highest BCUT2D eigenvalue weighted by Crippen LogP contribution is 2.26. The maximum atomic E-state index is 12.6. The van der Waals surface area contributed by atoms with E-state index >= 15 is 0 Å². The van der Waals surface area contributed by atoms with Gasteiger partial charge in [-0.1, -0.05) is 24.3 Å². The number of nitrogens with zero attached hydrogens (tertiary/aromatic N) is 2. The van der Waals surface area contributed by atoms with Crippen molar-refractivity contribution in [1.29, 1.82) is 0 Å². The Morgan fingerprint density at radius 3 is 2.81 bits per heavy atom. The summed E-state index contributed by atoms with van der Waals surface area (Å²) in [5.41, 5.74) is 3.03. The Hall–Kier alpha value is -3.02. The van der Waals surface area contributed by atoms with Crippen molar-refractivity contribution in [2.45, 2.75) is 12.8 Å². The van der Waals surface area contributed by atoms with Gasteiger partial charge in [-0.05, 0) is 36.6 Å². The van der Waals surface area contributed by atoms with E-state index in [1.807, 2.05) is 18.2 Å². The van der Waals surface area contributed by atoms with Crippen LogP contribution in [0.2, 0.25) is 0 Å². The number of benzene rings is 2. The lowest BCUT2D eigenvalue weighted by atomic mass is 10.0. The van der Waals surface area contributed by atoms with E-state index in [-0.39, 0.29) is 24.9 Å². The minimum atomic E-state index is -0.238. The Morgan fingerprint density at radius 1 is 1.19 bits per heavy atom. The third-order valence-corrected chi connectivity index (χ3v) is 4.69. The van der Waals surface area contributed by atoms with E-state index in [1.54, 1.807) is 32.4 Å². The van der Waals surface area contributed by atoms with Gasteiger partial charge in [-0.25, -0.2) is 0 Å². The molecule has 2 aromatic rings. The van der Waals surface area contributed by atoms with Crippen molar-refractivity contribution in [2.75, 3.05) is 44.0 Å². The number of aryl methyl sites for hydroxylation is 1. The van der Waals surface area contributed by atoms with E-state index in [0.717, 1.165) is 25.1 Å². The minimum absolute atomic E-state index is 0.00549. The first-order valence-electron chi connectivity index (χ1n) is 9.07. The highest BCUT2D eigenvalue weighted by Gasteiger charge is 2.21. The predicted octanol–water partition coefficient (Wildman–Crippen LogP) is 2.54. The molecule has 0 atom stereocenters. The van der Waals surface area contributed by atoms with Crippen LogP contribution in [-0.2, 0) is 16.0 Å². The van der Waals surface area contributed by atoms with Gasteiger partial charge in [-0.3, -0.25) is 9.59 Å². The highest BCUT2D eigenvalue weighted by atomic mass is 16.5. The fourth-order valence-electron chi connectivity index (χ4n) is 3.26. The predicted molar refractivity (Wildman–Crippen MR) is 106 cm³/mol. The van der Waals surface area contributed by atoms with Gasteiger partial charge in [0.2, 0.25) is 11.8 Å². The normalized spacial score (nSPS) is 12.9. The zero-order valence-corrected chi connectivity index (χ0v) is 15.8. The number of amides is 2. The summed E-state index contributed by atoms with van der Waals surface area (Å²) in [7, 11) is 3.23. The standard InChI is InChI=1S/C21H25N3O3/c1-23(14-20(25)22-17-9-5-10-18(13-17)27-2)21(26)15-24-12-6-8-16-7-3-4-11-19(16)24/h3-5,7,9-11,13H,6,8,12,14-15H2,1-2H3,(H,22,25). The molecule has 0 saturated carbocycles. The van der Waals surface area contributed by atoms with Crippen molar-refractivity contribution in [3.8, 4) is 5.75 Å². The third-order valence-electron chi connectivity index (χ3n) is 4.69. The third kappa shape index (κ3) is 4.78. The first-order valence-corrected chi connectivity index (χ1v) is 9.07. The topological polar surface area (TPSA) is 61.9 Å². The number of methoxy groups -OCH3 is 1. The summed E-state index contributed by atoms with van der Waals surface area (Å²) in [6, 6.07) is 15.3. The van der Waals surface area contributed by atoms with Crippen molar-refractivity contribution in [3.63, 3.8) is 0 Å². The van der Waals surface area contributed by atoms with E-state index in [4.69, 9.17) is 4.74 Å². The van der Waals surface area contributed by atoms with Gasteiger partial charge in [-0.15, -0.1) is 0 Å². The largest absolute Gasteiger partial charge is 0.497 e. The average molecular weight is 367 g/mol. The lowest BCUT2D eigenvalue weighted by Crippen LogP contribution is -2.43. The maximum absolute atomic E-state index is 12.6. The molecule has 1 aliphatic rings. The molecule has 6 heteroatoms. The van der Waals surface area contributed by atoms with Crippen LogP contribution >= 0.6 is 0 Å². The number of fused-ring (bicyclic) bond motifs is 1. The van der Waals surface area contributed by atoms with Crippen molar-refractivity contribution in [3.05, 3.63) is 54.1 Å². The molecular formula is C21H25N3O3. The molecule has 0 spiro atoms. The molecule has 0 bridgehead atoms. The molecule has 142 valence electrons. The number of likely N-dealkylation sites (N-methyl/N-ethyl adjacent to an activating group) is 1. The molecule has 0 unspecified atom stereocenters. The van der Waals surface area contributed by atoms with Crippen LogP contribution in [0.15, 0.2) is 48.5 Å². The van der Waals surface area contributed by atoms with Crippen LogP contribution in [0.25, 0.3) is 0 Å². The number of hydrogen-bond acceptors (Lipinski definition) is 4. The second-order valence-corrected chi connectivity index (χ2v) is 6.68. The summed E-state index contributed by atoms with van der Waals surface area (Å²) in [5, 5.41) is 2.80. The van der Waals surface area contributed by atoms with Crippen molar-refractivity contribution < 1.29 is 14.3 Å². The van der Waals surface area contributed by atoms with E-state index in [0.29, 0.717) is 11.4 Å². The van der Waals surface area contributed by atoms with Crippen LogP contribution in [0.1, 0.15) is 12.0 Å².